The minimum atomic E-state index is -0.212. The molecular formula is C14H19N3O2. The molecule has 0 N–H and O–H groups in total. The van der Waals surface area contributed by atoms with E-state index in [1.807, 2.05) is 18.2 Å². The van der Waals surface area contributed by atoms with Crippen molar-refractivity contribution in [1.82, 2.24) is 15.0 Å². The molecule has 1 aromatic heterocycles. The Morgan fingerprint density at radius 3 is 3.11 bits per heavy atom. The first-order chi connectivity index (χ1) is 9.33. The summed E-state index contributed by atoms with van der Waals surface area (Å²) in [6.07, 6.45) is 4.52. The molecule has 102 valence electrons. The van der Waals surface area contributed by atoms with Crippen LogP contribution >= 0.6 is 0 Å². The number of ether oxygens (including phenoxy) is 1. The molecular weight excluding hydrogens is 242 g/mol. The van der Waals surface area contributed by atoms with Gasteiger partial charge < -0.3 is 4.74 Å². The summed E-state index contributed by atoms with van der Waals surface area (Å²) in [4.78, 5) is 16.2. The second-order valence-corrected chi connectivity index (χ2v) is 5.16. The Kier molecular flexibility index (Phi) is 3.64. The van der Waals surface area contributed by atoms with Crippen LogP contribution in [0, 0.1) is 5.92 Å². The van der Waals surface area contributed by atoms with Gasteiger partial charge in [0.15, 0.2) is 0 Å². The lowest BCUT2D eigenvalue weighted by atomic mass is 10.0. The Morgan fingerprint density at radius 2 is 2.26 bits per heavy atom. The Balaban J connectivity index is 1.46. The van der Waals surface area contributed by atoms with Crippen LogP contribution in [0.2, 0.25) is 0 Å². The van der Waals surface area contributed by atoms with Crippen LogP contribution in [-0.2, 0) is 11.2 Å². The Labute approximate surface area is 113 Å². The van der Waals surface area contributed by atoms with E-state index < -0.39 is 0 Å². The highest BCUT2D eigenvalue weighted by atomic mass is 16.6. The maximum Gasteiger partial charge on any atom is 0.424 e. The Morgan fingerprint density at radius 1 is 1.37 bits per heavy atom. The minimum absolute atomic E-state index is 0.212. The summed E-state index contributed by atoms with van der Waals surface area (Å²) in [6, 6.07) is 5.77. The molecule has 0 radical (unpaired) electrons. The summed E-state index contributed by atoms with van der Waals surface area (Å²) in [5.41, 5.74) is 0.954. The molecule has 3 rings (SSSR count). The van der Waals surface area contributed by atoms with E-state index in [2.05, 4.69) is 9.99 Å². The average molecular weight is 261 g/mol. The molecule has 2 atom stereocenters. The van der Waals surface area contributed by atoms with Crippen LogP contribution in [0.3, 0.4) is 0 Å². The molecule has 1 amide bonds. The van der Waals surface area contributed by atoms with E-state index in [0.29, 0.717) is 13.0 Å². The summed E-state index contributed by atoms with van der Waals surface area (Å²) in [5.74, 6) is 0.776. The third-order valence-corrected chi connectivity index (χ3v) is 3.88. The van der Waals surface area contributed by atoms with Crippen molar-refractivity contribution in [2.45, 2.75) is 19.3 Å². The van der Waals surface area contributed by atoms with Crippen molar-refractivity contribution in [2.24, 2.45) is 5.92 Å². The molecule has 0 aromatic carbocycles. The number of carbonyl (C=O) groups is 1. The monoisotopic (exact) mass is 261 g/mol. The largest absolute Gasteiger partial charge is 0.448 e. The molecule has 2 fully saturated rings. The van der Waals surface area contributed by atoms with Gasteiger partial charge in [-0.1, -0.05) is 6.07 Å². The van der Waals surface area contributed by atoms with Gasteiger partial charge >= 0.3 is 6.09 Å². The third-order valence-electron chi connectivity index (χ3n) is 3.88. The number of pyridine rings is 1. The van der Waals surface area contributed by atoms with Crippen LogP contribution in [0.25, 0.3) is 0 Å². The van der Waals surface area contributed by atoms with Crippen molar-refractivity contribution in [3.05, 3.63) is 30.1 Å². The van der Waals surface area contributed by atoms with Gasteiger partial charge in [0.1, 0.15) is 0 Å². The number of rotatable bonds is 3. The number of amides is 1. The number of aromatic nitrogens is 1. The molecule has 2 aliphatic rings. The lowest BCUT2D eigenvalue weighted by molar-refractivity contribution is -0.0257. The molecule has 0 spiro atoms. The maximum atomic E-state index is 12.0. The van der Waals surface area contributed by atoms with Gasteiger partial charge in [-0.3, -0.25) is 4.98 Å². The highest BCUT2D eigenvalue weighted by molar-refractivity contribution is 5.67. The van der Waals surface area contributed by atoms with Crippen LogP contribution in [0.5, 0.6) is 0 Å². The van der Waals surface area contributed by atoms with E-state index >= 15 is 0 Å². The number of hydrogen-bond donors (Lipinski definition) is 0. The van der Waals surface area contributed by atoms with Gasteiger partial charge in [-0.25, -0.2) is 14.8 Å². The first kappa shape index (κ1) is 12.4. The van der Waals surface area contributed by atoms with Gasteiger partial charge in [0, 0.05) is 37.9 Å². The average Bonchev–Trinajstić information content (AvgIpc) is 2.81. The summed E-state index contributed by atoms with van der Waals surface area (Å²) in [7, 11) is 0. The van der Waals surface area contributed by atoms with Crippen LogP contribution in [0.4, 0.5) is 4.79 Å². The topological polar surface area (TPSA) is 45.7 Å². The predicted molar refractivity (Wildman–Crippen MR) is 70.3 cm³/mol. The van der Waals surface area contributed by atoms with E-state index in [4.69, 9.17) is 4.74 Å². The predicted octanol–water partition coefficient (Wildman–Crippen LogP) is 1.70. The van der Waals surface area contributed by atoms with Crippen molar-refractivity contribution in [1.29, 1.82) is 0 Å². The molecule has 2 aliphatic heterocycles. The zero-order valence-corrected chi connectivity index (χ0v) is 11.0. The van der Waals surface area contributed by atoms with E-state index in [0.717, 1.165) is 37.7 Å². The zero-order chi connectivity index (χ0) is 13.1. The highest BCUT2D eigenvalue weighted by Gasteiger charge is 2.35. The van der Waals surface area contributed by atoms with E-state index in [1.165, 1.54) is 6.42 Å². The molecule has 0 aliphatic carbocycles. The molecule has 5 nitrogen and oxygen atoms in total. The van der Waals surface area contributed by atoms with Gasteiger partial charge in [-0.15, -0.1) is 0 Å². The summed E-state index contributed by atoms with van der Waals surface area (Å²) in [6.45, 7) is 3.19. The fourth-order valence-corrected chi connectivity index (χ4v) is 2.78. The van der Waals surface area contributed by atoms with Gasteiger partial charge in [0.05, 0.1) is 6.61 Å². The first-order valence-electron chi connectivity index (χ1n) is 6.92. The molecule has 3 heterocycles. The quantitative estimate of drug-likeness (QED) is 0.831. The van der Waals surface area contributed by atoms with Gasteiger partial charge in [0.25, 0.3) is 0 Å². The summed E-state index contributed by atoms with van der Waals surface area (Å²) >= 11 is 0. The van der Waals surface area contributed by atoms with Crippen molar-refractivity contribution < 1.29 is 9.53 Å². The molecule has 2 saturated heterocycles. The lowest BCUT2D eigenvalue weighted by Gasteiger charge is -2.34. The van der Waals surface area contributed by atoms with Crippen LogP contribution in [0.15, 0.2) is 24.4 Å². The number of hydrazine groups is 1. The van der Waals surface area contributed by atoms with Crippen LogP contribution in [-0.4, -0.2) is 47.3 Å². The number of carbonyl (C=O) groups excluding carboxylic acids is 1. The molecule has 5 heteroatoms. The van der Waals surface area contributed by atoms with E-state index in [-0.39, 0.29) is 6.09 Å². The SMILES string of the molecule is O=C(OCCc1ccccn1)N1CCC2CCN1C2. The Hall–Kier alpha value is -1.62. The van der Waals surface area contributed by atoms with Crippen LogP contribution < -0.4 is 0 Å². The fourth-order valence-electron chi connectivity index (χ4n) is 2.78. The second-order valence-electron chi connectivity index (χ2n) is 5.16. The standard InChI is InChI=1S/C14H19N3O2/c18-14(17-9-5-12-4-8-16(17)11-12)19-10-6-13-3-1-2-7-15-13/h1-3,7,12H,4-6,8-11H2. The summed E-state index contributed by atoms with van der Waals surface area (Å²) in [5, 5.41) is 3.89. The number of nitrogens with zero attached hydrogens (tertiary/aromatic N) is 3. The smallest absolute Gasteiger partial charge is 0.424 e. The van der Waals surface area contributed by atoms with E-state index in [9.17, 15) is 4.79 Å². The van der Waals surface area contributed by atoms with Gasteiger partial charge in [-0.05, 0) is 30.9 Å². The molecule has 2 unspecified atom stereocenters. The van der Waals surface area contributed by atoms with Crippen molar-refractivity contribution >= 4 is 6.09 Å². The van der Waals surface area contributed by atoms with Crippen molar-refractivity contribution in [3.8, 4) is 0 Å². The second kappa shape index (κ2) is 5.57. The third kappa shape index (κ3) is 2.87. The fraction of sp³-hybridized carbons (Fsp3) is 0.571. The highest BCUT2D eigenvalue weighted by Crippen LogP contribution is 2.27. The minimum Gasteiger partial charge on any atom is -0.448 e. The summed E-state index contributed by atoms with van der Waals surface area (Å²) < 4.78 is 5.34. The number of hydrogen-bond acceptors (Lipinski definition) is 4. The van der Waals surface area contributed by atoms with Gasteiger partial charge in [-0.2, -0.15) is 0 Å². The lowest BCUT2D eigenvalue weighted by Crippen LogP contribution is -2.49. The molecule has 19 heavy (non-hydrogen) atoms. The molecule has 2 bridgehead atoms. The van der Waals surface area contributed by atoms with E-state index in [1.54, 1.807) is 11.2 Å². The number of fused-ring (bicyclic) bond motifs is 2. The zero-order valence-electron chi connectivity index (χ0n) is 11.0. The maximum absolute atomic E-state index is 12.0. The van der Waals surface area contributed by atoms with Crippen LogP contribution in [0.1, 0.15) is 18.5 Å². The van der Waals surface area contributed by atoms with Gasteiger partial charge in [0.2, 0.25) is 0 Å². The van der Waals surface area contributed by atoms with Crippen molar-refractivity contribution in [2.75, 3.05) is 26.2 Å². The first-order valence-corrected chi connectivity index (χ1v) is 6.92. The molecule has 0 saturated carbocycles. The normalized spacial score (nSPS) is 25.4. The van der Waals surface area contributed by atoms with Crippen molar-refractivity contribution in [3.63, 3.8) is 0 Å². The molecule has 1 aromatic rings. The Bertz CT molecular complexity index is 438.